The summed E-state index contributed by atoms with van der Waals surface area (Å²) in [5.74, 6) is -4.37. The number of ether oxygens (including phenoxy) is 3. The van der Waals surface area contributed by atoms with E-state index in [0.29, 0.717) is 0 Å². The van der Waals surface area contributed by atoms with Crippen molar-refractivity contribution >= 4 is 18.0 Å². The summed E-state index contributed by atoms with van der Waals surface area (Å²) in [7, 11) is 1.27. The zero-order valence-electron chi connectivity index (χ0n) is 18.2. The van der Waals surface area contributed by atoms with Gasteiger partial charge >= 0.3 is 12.1 Å². The molecule has 3 rings (SSSR count). The van der Waals surface area contributed by atoms with Crippen molar-refractivity contribution in [2.24, 2.45) is 0 Å². The van der Waals surface area contributed by atoms with Gasteiger partial charge in [-0.2, -0.15) is 0 Å². The molecule has 2 aromatic carbocycles. The van der Waals surface area contributed by atoms with Gasteiger partial charge in [0.15, 0.2) is 0 Å². The Morgan fingerprint density at radius 2 is 1.79 bits per heavy atom. The van der Waals surface area contributed by atoms with Crippen molar-refractivity contribution in [3.8, 4) is 5.75 Å². The summed E-state index contributed by atoms with van der Waals surface area (Å²) < 4.78 is 44.5. The number of halogens is 2. The molecule has 0 bridgehead atoms. The van der Waals surface area contributed by atoms with Crippen LogP contribution in [0.15, 0.2) is 42.5 Å². The van der Waals surface area contributed by atoms with Crippen LogP contribution in [0.1, 0.15) is 24.0 Å². The molecule has 1 fully saturated rings. The minimum Gasteiger partial charge on any atom is -0.497 e. The van der Waals surface area contributed by atoms with Gasteiger partial charge in [0.1, 0.15) is 36.6 Å². The monoisotopic (exact) mass is 462 g/mol. The number of amides is 2. The lowest BCUT2D eigenvalue weighted by molar-refractivity contribution is -0.147. The smallest absolute Gasteiger partial charge is 0.408 e. The molecule has 2 atom stereocenters. The van der Waals surface area contributed by atoms with E-state index in [1.807, 2.05) is 0 Å². The molecule has 0 saturated carbocycles. The van der Waals surface area contributed by atoms with E-state index in [9.17, 15) is 23.2 Å². The fourth-order valence-corrected chi connectivity index (χ4v) is 3.65. The van der Waals surface area contributed by atoms with Crippen LogP contribution >= 0.6 is 0 Å². The van der Waals surface area contributed by atoms with Gasteiger partial charge in [0.05, 0.1) is 13.7 Å². The van der Waals surface area contributed by atoms with Gasteiger partial charge in [-0.1, -0.05) is 30.3 Å². The van der Waals surface area contributed by atoms with E-state index in [1.54, 1.807) is 37.3 Å². The summed E-state index contributed by atoms with van der Waals surface area (Å²) in [6.45, 7) is 1.04. The Morgan fingerprint density at radius 1 is 1.12 bits per heavy atom. The molecule has 0 aliphatic carbocycles. The first-order chi connectivity index (χ1) is 15.8. The first-order valence-corrected chi connectivity index (χ1v) is 10.3. The number of alkyl carbamates (subject to hydrolysis) is 1. The van der Waals surface area contributed by atoms with Crippen molar-refractivity contribution in [1.82, 2.24) is 10.2 Å². The van der Waals surface area contributed by atoms with E-state index < -0.39 is 53.7 Å². The van der Waals surface area contributed by atoms with Gasteiger partial charge < -0.3 is 24.4 Å². The van der Waals surface area contributed by atoms with E-state index in [2.05, 4.69) is 5.32 Å². The van der Waals surface area contributed by atoms with Crippen LogP contribution < -0.4 is 10.1 Å². The lowest BCUT2D eigenvalue weighted by atomic mass is 9.93. The molecule has 2 unspecified atom stereocenters. The molecule has 1 heterocycles. The second-order valence-electron chi connectivity index (χ2n) is 7.32. The van der Waals surface area contributed by atoms with E-state index in [1.165, 1.54) is 7.11 Å². The number of hydrogen-bond acceptors (Lipinski definition) is 6. The topological polar surface area (TPSA) is 94.2 Å². The molecule has 1 aliphatic heterocycles. The van der Waals surface area contributed by atoms with Gasteiger partial charge in [0, 0.05) is 30.2 Å². The number of likely N-dealkylation sites (tertiary alicyclic amines) is 1. The number of methoxy groups -OCH3 is 1. The second kappa shape index (κ2) is 10.8. The largest absolute Gasteiger partial charge is 0.497 e. The predicted molar refractivity (Wildman–Crippen MR) is 112 cm³/mol. The van der Waals surface area contributed by atoms with Crippen LogP contribution in [0.2, 0.25) is 0 Å². The molecular formula is C23H24F2N2O6. The van der Waals surface area contributed by atoms with Crippen LogP contribution in [-0.2, 0) is 25.7 Å². The van der Waals surface area contributed by atoms with Crippen LogP contribution in [0.4, 0.5) is 13.6 Å². The zero-order chi connectivity index (χ0) is 24.0. The average molecular weight is 462 g/mol. The molecule has 176 valence electrons. The Hall–Kier alpha value is -3.69. The fraction of sp³-hybridized carbons (Fsp3) is 0.348. The molecule has 2 amide bonds. The van der Waals surface area contributed by atoms with Gasteiger partial charge in [0.2, 0.25) is 5.91 Å². The highest BCUT2D eigenvalue weighted by Gasteiger charge is 2.45. The molecule has 8 nitrogen and oxygen atoms in total. The molecule has 10 heteroatoms. The summed E-state index contributed by atoms with van der Waals surface area (Å²) in [5, 5.41) is 2.40. The predicted octanol–water partition coefficient (Wildman–Crippen LogP) is 2.76. The highest BCUT2D eigenvalue weighted by atomic mass is 19.1. The molecule has 2 aromatic rings. The first-order valence-electron chi connectivity index (χ1n) is 10.3. The average Bonchev–Trinajstić information content (AvgIpc) is 3.07. The van der Waals surface area contributed by atoms with E-state index in [-0.39, 0.29) is 25.5 Å². The van der Waals surface area contributed by atoms with Crippen molar-refractivity contribution in [2.75, 3.05) is 26.8 Å². The molecular weight excluding hydrogens is 438 g/mol. The summed E-state index contributed by atoms with van der Waals surface area (Å²) in [6, 6.07) is 9.48. The van der Waals surface area contributed by atoms with E-state index in [4.69, 9.17) is 14.2 Å². The van der Waals surface area contributed by atoms with E-state index >= 15 is 0 Å². The molecule has 1 aliphatic rings. The lowest BCUT2D eigenvalue weighted by Gasteiger charge is -2.20. The number of hydrogen-bond donors (Lipinski definition) is 1. The third-order valence-electron chi connectivity index (χ3n) is 5.17. The number of esters is 1. The number of rotatable bonds is 8. The van der Waals surface area contributed by atoms with Crippen molar-refractivity contribution in [1.29, 1.82) is 0 Å². The number of nitrogens with zero attached hydrogens (tertiary/aromatic N) is 1. The summed E-state index contributed by atoms with van der Waals surface area (Å²) in [4.78, 5) is 38.3. The lowest BCUT2D eigenvalue weighted by Crippen LogP contribution is -2.44. The third kappa shape index (κ3) is 5.76. The highest BCUT2D eigenvalue weighted by molar-refractivity contribution is 5.91. The molecule has 0 aromatic heterocycles. The minimum atomic E-state index is -1.35. The van der Waals surface area contributed by atoms with Crippen LogP contribution in [0.3, 0.4) is 0 Å². The molecule has 0 spiro atoms. The number of carbonyl (C=O) groups is 3. The van der Waals surface area contributed by atoms with Crippen molar-refractivity contribution in [3.63, 3.8) is 0 Å². The van der Waals surface area contributed by atoms with Gasteiger partial charge in [-0.3, -0.25) is 9.59 Å². The summed E-state index contributed by atoms with van der Waals surface area (Å²) >= 11 is 0. The second-order valence-corrected chi connectivity index (χ2v) is 7.32. The molecule has 33 heavy (non-hydrogen) atoms. The maximum absolute atomic E-state index is 14.8. The number of benzene rings is 2. The number of carbonyl (C=O) groups excluding carboxylic acids is 3. The summed E-state index contributed by atoms with van der Waals surface area (Å²) in [5.41, 5.74) is 0.321. The highest BCUT2D eigenvalue weighted by Crippen LogP contribution is 2.34. The fourth-order valence-electron chi connectivity index (χ4n) is 3.65. The molecule has 1 N–H and O–H groups in total. The Morgan fingerprint density at radius 3 is 2.39 bits per heavy atom. The Bertz CT molecular complexity index is 994. The summed E-state index contributed by atoms with van der Waals surface area (Å²) in [6.07, 6.45) is -0.936. The molecule has 0 radical (unpaired) electrons. The number of nitrogens with one attached hydrogen (secondary N) is 1. The SMILES string of the molecule is CCOC(=O)CN1CC(c2c(F)cc(OC)cc2F)C(NC(=O)OCc2ccccc2)C1=O. The van der Waals surface area contributed by atoms with Gasteiger partial charge in [-0.25, -0.2) is 13.6 Å². The first kappa shape index (κ1) is 24.0. The zero-order valence-corrected chi connectivity index (χ0v) is 18.2. The van der Waals surface area contributed by atoms with Gasteiger partial charge in [0.25, 0.3) is 0 Å². The van der Waals surface area contributed by atoms with Crippen LogP contribution in [0.25, 0.3) is 0 Å². The standard InChI is InChI=1S/C23H24F2N2O6/c1-3-32-19(28)12-27-11-16(20-17(24)9-15(31-2)10-18(20)25)21(22(27)29)26-23(30)33-13-14-7-5-4-6-8-14/h4-10,16,21H,3,11-13H2,1-2H3,(H,26,30). The normalized spacial score (nSPS) is 17.6. The Balaban J connectivity index is 1.82. The van der Waals surface area contributed by atoms with Crippen LogP contribution in [-0.4, -0.2) is 55.7 Å². The maximum Gasteiger partial charge on any atom is 0.408 e. The van der Waals surface area contributed by atoms with Gasteiger partial charge in [-0.05, 0) is 12.5 Å². The molecule has 1 saturated heterocycles. The van der Waals surface area contributed by atoms with Crippen LogP contribution in [0, 0.1) is 11.6 Å². The quantitative estimate of drug-likeness (QED) is 0.607. The maximum atomic E-state index is 14.8. The van der Waals surface area contributed by atoms with Crippen molar-refractivity contribution < 1.29 is 37.4 Å². The Kier molecular flexibility index (Phi) is 7.81. The van der Waals surface area contributed by atoms with Crippen molar-refractivity contribution in [2.45, 2.75) is 25.5 Å². The van der Waals surface area contributed by atoms with E-state index in [0.717, 1.165) is 22.6 Å². The third-order valence-corrected chi connectivity index (χ3v) is 5.17. The Labute approximate surface area is 189 Å². The van der Waals surface area contributed by atoms with Crippen LogP contribution in [0.5, 0.6) is 5.75 Å². The van der Waals surface area contributed by atoms with Crippen molar-refractivity contribution in [3.05, 3.63) is 65.2 Å². The van der Waals surface area contributed by atoms with Gasteiger partial charge in [-0.15, -0.1) is 0 Å². The minimum absolute atomic E-state index is 0.0340.